The van der Waals surface area contributed by atoms with Crippen molar-refractivity contribution in [1.82, 2.24) is 5.32 Å². The van der Waals surface area contributed by atoms with Gasteiger partial charge in [-0.1, -0.05) is 0 Å². The van der Waals surface area contributed by atoms with Crippen molar-refractivity contribution in [1.29, 1.82) is 0 Å². The van der Waals surface area contributed by atoms with Crippen molar-refractivity contribution in [3.63, 3.8) is 0 Å². The molecule has 1 aliphatic rings. The molecule has 1 atom stereocenters. The zero-order chi connectivity index (χ0) is 10.7. The molecule has 2 rings (SSSR count). The highest BCUT2D eigenvalue weighted by molar-refractivity contribution is 5.22. The van der Waals surface area contributed by atoms with Gasteiger partial charge in [-0.25, -0.2) is 4.39 Å². The summed E-state index contributed by atoms with van der Waals surface area (Å²) in [6.45, 7) is 3.02. The molecule has 1 aliphatic heterocycles. The minimum Gasteiger partial charge on any atom is -0.473 e. The third-order valence-corrected chi connectivity index (χ3v) is 2.74. The second-order valence-electron chi connectivity index (χ2n) is 4.17. The molecule has 82 valence electrons. The van der Waals surface area contributed by atoms with Gasteiger partial charge in [0.2, 0.25) is 0 Å². The number of hydrogen-bond donors (Lipinski definition) is 1. The third-order valence-electron chi connectivity index (χ3n) is 2.74. The molecule has 1 heterocycles. The van der Waals surface area contributed by atoms with E-state index < -0.39 is 0 Å². The van der Waals surface area contributed by atoms with Gasteiger partial charge in [0.1, 0.15) is 11.6 Å². The molecule has 1 fully saturated rings. The van der Waals surface area contributed by atoms with Gasteiger partial charge in [0.05, 0.1) is 0 Å². The highest BCUT2D eigenvalue weighted by Crippen LogP contribution is 2.23. The van der Waals surface area contributed by atoms with Crippen LogP contribution in [0.1, 0.15) is 26.2 Å². The Balaban J connectivity index is 2.03. The molecule has 15 heavy (non-hydrogen) atoms. The van der Waals surface area contributed by atoms with Gasteiger partial charge in [-0.3, -0.25) is 5.32 Å². The van der Waals surface area contributed by atoms with E-state index in [1.54, 1.807) is 12.1 Å². The van der Waals surface area contributed by atoms with Crippen LogP contribution in [0.3, 0.4) is 0 Å². The average molecular weight is 209 g/mol. The van der Waals surface area contributed by atoms with Crippen LogP contribution in [0.5, 0.6) is 5.75 Å². The fourth-order valence-corrected chi connectivity index (χ4v) is 1.88. The Kier molecular flexibility index (Phi) is 2.91. The van der Waals surface area contributed by atoms with Gasteiger partial charge >= 0.3 is 0 Å². The Morgan fingerprint density at radius 3 is 2.60 bits per heavy atom. The highest BCUT2D eigenvalue weighted by Gasteiger charge is 2.27. The van der Waals surface area contributed by atoms with Crippen molar-refractivity contribution < 1.29 is 9.13 Å². The van der Waals surface area contributed by atoms with Gasteiger partial charge < -0.3 is 4.74 Å². The Labute approximate surface area is 89.4 Å². The molecule has 3 heteroatoms. The van der Waals surface area contributed by atoms with Gasteiger partial charge in [-0.2, -0.15) is 0 Å². The van der Waals surface area contributed by atoms with Crippen LogP contribution in [-0.4, -0.2) is 12.3 Å². The van der Waals surface area contributed by atoms with Crippen LogP contribution in [0.4, 0.5) is 4.39 Å². The zero-order valence-corrected chi connectivity index (χ0v) is 8.92. The molecule has 0 saturated carbocycles. The normalized spacial score (nSPS) is 26.3. The van der Waals surface area contributed by atoms with Gasteiger partial charge in [-0.05, 0) is 50.6 Å². The predicted octanol–water partition coefficient (Wildman–Crippen LogP) is 2.69. The smallest absolute Gasteiger partial charge is 0.158 e. The summed E-state index contributed by atoms with van der Waals surface area (Å²) in [5.41, 5.74) is -0.296. The Morgan fingerprint density at radius 1 is 1.27 bits per heavy atom. The summed E-state index contributed by atoms with van der Waals surface area (Å²) in [6.07, 6.45) is 3.36. The fraction of sp³-hybridized carbons (Fsp3) is 0.500. The fourth-order valence-electron chi connectivity index (χ4n) is 1.88. The average Bonchev–Trinajstić information content (AvgIpc) is 2.22. The third kappa shape index (κ3) is 2.69. The van der Waals surface area contributed by atoms with Crippen molar-refractivity contribution in [2.75, 3.05) is 6.54 Å². The SMILES string of the molecule is CC1(Oc2ccc(F)cc2)CCCCN1. The van der Waals surface area contributed by atoms with Crippen LogP contribution < -0.4 is 10.1 Å². The first-order valence-electron chi connectivity index (χ1n) is 5.38. The summed E-state index contributed by atoms with van der Waals surface area (Å²) in [5, 5.41) is 3.34. The number of halogens is 1. The molecule has 0 amide bonds. The van der Waals surface area contributed by atoms with E-state index in [9.17, 15) is 4.39 Å². The molecule has 1 aromatic carbocycles. The summed E-state index contributed by atoms with van der Waals surface area (Å²) in [6, 6.07) is 6.16. The molecule has 0 radical (unpaired) electrons. The quantitative estimate of drug-likeness (QED) is 0.808. The number of piperidine rings is 1. The van der Waals surface area contributed by atoms with Gasteiger partial charge in [-0.15, -0.1) is 0 Å². The number of rotatable bonds is 2. The molecule has 1 aromatic rings. The van der Waals surface area contributed by atoms with E-state index in [2.05, 4.69) is 5.32 Å². The molecule has 0 aliphatic carbocycles. The lowest BCUT2D eigenvalue weighted by Gasteiger charge is -2.35. The second kappa shape index (κ2) is 4.19. The van der Waals surface area contributed by atoms with E-state index in [0.29, 0.717) is 5.75 Å². The maximum atomic E-state index is 12.7. The van der Waals surface area contributed by atoms with Crippen LogP contribution in [0.25, 0.3) is 0 Å². The lowest BCUT2D eigenvalue weighted by atomic mass is 10.0. The molecule has 1 N–H and O–H groups in total. The van der Waals surface area contributed by atoms with Gasteiger partial charge in [0.25, 0.3) is 0 Å². The van der Waals surface area contributed by atoms with Crippen molar-refractivity contribution in [2.45, 2.75) is 31.9 Å². The first kappa shape index (κ1) is 10.4. The number of nitrogens with one attached hydrogen (secondary N) is 1. The van der Waals surface area contributed by atoms with Crippen LogP contribution in [0.15, 0.2) is 24.3 Å². The summed E-state index contributed by atoms with van der Waals surface area (Å²) in [4.78, 5) is 0. The second-order valence-corrected chi connectivity index (χ2v) is 4.17. The summed E-state index contributed by atoms with van der Waals surface area (Å²) < 4.78 is 18.5. The Bertz CT molecular complexity index is 317. The summed E-state index contributed by atoms with van der Waals surface area (Å²) in [7, 11) is 0. The number of benzene rings is 1. The molecular formula is C12H16FNO. The Morgan fingerprint density at radius 2 is 2.00 bits per heavy atom. The van der Waals surface area contributed by atoms with Crippen LogP contribution in [0.2, 0.25) is 0 Å². The lowest BCUT2D eigenvalue weighted by Crippen LogP contribution is -2.50. The summed E-state index contributed by atoms with van der Waals surface area (Å²) in [5.74, 6) is 0.484. The van der Waals surface area contributed by atoms with Crippen LogP contribution in [0, 0.1) is 5.82 Å². The van der Waals surface area contributed by atoms with E-state index in [4.69, 9.17) is 4.74 Å². The monoisotopic (exact) mass is 209 g/mol. The largest absolute Gasteiger partial charge is 0.473 e. The van der Waals surface area contributed by atoms with E-state index >= 15 is 0 Å². The van der Waals surface area contributed by atoms with Crippen molar-refractivity contribution >= 4 is 0 Å². The molecule has 1 saturated heterocycles. The standard InChI is InChI=1S/C12H16FNO/c1-12(8-2-3-9-14-12)15-11-6-4-10(13)5-7-11/h4-7,14H,2-3,8-9H2,1H3. The van der Waals surface area contributed by atoms with E-state index in [-0.39, 0.29) is 11.5 Å². The molecule has 0 spiro atoms. The summed E-state index contributed by atoms with van der Waals surface area (Å²) >= 11 is 0. The number of hydrogen-bond acceptors (Lipinski definition) is 2. The number of ether oxygens (including phenoxy) is 1. The van der Waals surface area contributed by atoms with E-state index in [0.717, 1.165) is 13.0 Å². The molecule has 0 aromatic heterocycles. The van der Waals surface area contributed by atoms with E-state index in [1.807, 2.05) is 6.92 Å². The molecule has 1 unspecified atom stereocenters. The first-order valence-corrected chi connectivity index (χ1v) is 5.38. The maximum absolute atomic E-state index is 12.7. The molecule has 2 nitrogen and oxygen atoms in total. The topological polar surface area (TPSA) is 21.3 Å². The molecular weight excluding hydrogens is 193 g/mol. The van der Waals surface area contributed by atoms with Crippen molar-refractivity contribution in [3.05, 3.63) is 30.1 Å². The minimum atomic E-state index is -0.296. The van der Waals surface area contributed by atoms with Crippen molar-refractivity contribution in [2.24, 2.45) is 0 Å². The van der Waals surface area contributed by atoms with Gasteiger partial charge in [0.15, 0.2) is 5.72 Å². The van der Waals surface area contributed by atoms with Crippen LogP contribution >= 0.6 is 0 Å². The molecule has 0 bridgehead atoms. The lowest BCUT2D eigenvalue weighted by molar-refractivity contribution is 0.0254. The van der Waals surface area contributed by atoms with Gasteiger partial charge in [0, 0.05) is 6.42 Å². The van der Waals surface area contributed by atoms with Crippen LogP contribution in [-0.2, 0) is 0 Å². The minimum absolute atomic E-state index is 0.232. The van der Waals surface area contributed by atoms with E-state index in [1.165, 1.54) is 25.0 Å². The van der Waals surface area contributed by atoms with Crippen molar-refractivity contribution in [3.8, 4) is 5.75 Å². The maximum Gasteiger partial charge on any atom is 0.158 e. The zero-order valence-electron chi connectivity index (χ0n) is 8.92. The highest BCUT2D eigenvalue weighted by atomic mass is 19.1. The first-order chi connectivity index (χ1) is 7.18. The predicted molar refractivity (Wildman–Crippen MR) is 57.3 cm³/mol. The Hall–Kier alpha value is -1.09.